The topological polar surface area (TPSA) is 0 Å². The van der Waals surface area contributed by atoms with Gasteiger partial charge in [-0.1, -0.05) is 36.2 Å². The van der Waals surface area contributed by atoms with Gasteiger partial charge in [-0.15, -0.1) is 0 Å². The van der Waals surface area contributed by atoms with Crippen LogP contribution in [0.15, 0.2) is 0 Å². The lowest BCUT2D eigenvalue weighted by molar-refractivity contribution is 0.584. The minimum absolute atomic E-state index is 0.792. The molecule has 0 spiro atoms. The molecular weight excluding hydrogens is 152 g/mol. The van der Waals surface area contributed by atoms with Crippen LogP contribution in [0.4, 0.5) is 0 Å². The maximum atomic E-state index is 3.80. The Bertz CT molecular complexity index is 25.7. The van der Waals surface area contributed by atoms with E-state index in [-0.39, 0.29) is 0 Å². The van der Waals surface area contributed by atoms with Crippen LogP contribution in [0.5, 0.6) is 0 Å². The van der Waals surface area contributed by atoms with Gasteiger partial charge in [0.2, 0.25) is 0 Å². The van der Waals surface area contributed by atoms with Crippen molar-refractivity contribution in [2.75, 3.05) is 5.33 Å². The van der Waals surface area contributed by atoms with Gasteiger partial charge in [-0.2, -0.15) is 0 Å². The molecule has 43 valence electrons. The highest BCUT2D eigenvalue weighted by Crippen LogP contribution is 2.08. The first-order valence-corrected chi connectivity index (χ1v) is 3.82. The predicted octanol–water partition coefficient (Wildman–Crippen LogP) is 2.63. The molecule has 0 saturated heterocycles. The van der Waals surface area contributed by atoms with E-state index in [4.69, 9.17) is 0 Å². The first-order valence-electron chi connectivity index (χ1n) is 2.70. The van der Waals surface area contributed by atoms with Crippen molar-refractivity contribution < 1.29 is 0 Å². The Kier molecular flexibility index (Phi) is 4.95. The second kappa shape index (κ2) is 4.63. The van der Waals surface area contributed by atoms with Gasteiger partial charge in [0.25, 0.3) is 0 Å². The maximum Gasteiger partial charge on any atom is 0.00595 e. The molecule has 0 amide bonds. The Labute approximate surface area is 54.4 Å². The van der Waals surface area contributed by atoms with Gasteiger partial charge in [0, 0.05) is 5.33 Å². The van der Waals surface area contributed by atoms with Crippen LogP contribution in [0, 0.1) is 12.8 Å². The lowest BCUT2D eigenvalue weighted by atomic mass is 10.1. The van der Waals surface area contributed by atoms with Gasteiger partial charge < -0.3 is 0 Å². The van der Waals surface area contributed by atoms with Crippen LogP contribution >= 0.6 is 15.9 Å². The summed E-state index contributed by atoms with van der Waals surface area (Å²) in [6, 6.07) is 0. The average molecular weight is 164 g/mol. The molecule has 0 heterocycles. The molecule has 0 aliphatic carbocycles. The molecule has 1 radical (unpaired) electrons. The minimum atomic E-state index is 0.792. The van der Waals surface area contributed by atoms with Crippen molar-refractivity contribution in [3.05, 3.63) is 6.92 Å². The molecule has 0 aromatic rings. The largest absolute Gasteiger partial charge is 0.0925 e. The summed E-state index contributed by atoms with van der Waals surface area (Å²) < 4.78 is 0. The Morgan fingerprint density at radius 3 is 2.29 bits per heavy atom. The average Bonchev–Trinajstić information content (AvgIpc) is 1.72. The third-order valence-electron chi connectivity index (χ3n) is 1.20. The molecule has 7 heavy (non-hydrogen) atoms. The molecule has 0 rings (SSSR count). The molecule has 0 aromatic heterocycles. The van der Waals surface area contributed by atoms with E-state index in [9.17, 15) is 0 Å². The van der Waals surface area contributed by atoms with Crippen molar-refractivity contribution >= 4 is 15.9 Å². The summed E-state index contributed by atoms with van der Waals surface area (Å²) in [4.78, 5) is 0. The van der Waals surface area contributed by atoms with Crippen molar-refractivity contribution in [1.29, 1.82) is 0 Å². The highest BCUT2D eigenvalue weighted by molar-refractivity contribution is 9.09. The third-order valence-corrected chi connectivity index (χ3v) is 2.12. The van der Waals surface area contributed by atoms with Crippen LogP contribution in [-0.4, -0.2) is 5.33 Å². The van der Waals surface area contributed by atoms with Crippen molar-refractivity contribution in [1.82, 2.24) is 0 Å². The quantitative estimate of drug-likeness (QED) is 0.562. The van der Waals surface area contributed by atoms with E-state index >= 15 is 0 Å². The minimum Gasteiger partial charge on any atom is -0.0925 e. The van der Waals surface area contributed by atoms with Crippen molar-refractivity contribution in [3.63, 3.8) is 0 Å². The van der Waals surface area contributed by atoms with Gasteiger partial charge in [0.1, 0.15) is 0 Å². The van der Waals surface area contributed by atoms with Crippen molar-refractivity contribution in [3.8, 4) is 0 Å². The monoisotopic (exact) mass is 163 g/mol. The molecule has 0 saturated carbocycles. The Morgan fingerprint density at radius 1 is 1.71 bits per heavy atom. The van der Waals surface area contributed by atoms with E-state index in [0.717, 1.165) is 17.7 Å². The van der Waals surface area contributed by atoms with Gasteiger partial charge in [0.15, 0.2) is 0 Å². The highest BCUT2D eigenvalue weighted by Gasteiger charge is 1.97. The summed E-state index contributed by atoms with van der Waals surface area (Å²) >= 11 is 3.40. The standard InChI is InChI=1S/C6H12Br/c1-3-6(4-2)5-7/h6H,1,3-5H2,2H3. The molecule has 0 aliphatic heterocycles. The van der Waals surface area contributed by atoms with E-state index in [1.807, 2.05) is 0 Å². The van der Waals surface area contributed by atoms with Crippen LogP contribution in [0.3, 0.4) is 0 Å². The molecule has 0 N–H and O–H groups in total. The zero-order valence-electron chi connectivity index (χ0n) is 4.78. The van der Waals surface area contributed by atoms with Gasteiger partial charge in [-0.05, 0) is 12.3 Å². The molecule has 0 aliphatic rings. The summed E-state index contributed by atoms with van der Waals surface area (Å²) in [5.74, 6) is 0.792. The molecule has 0 bridgehead atoms. The van der Waals surface area contributed by atoms with Gasteiger partial charge in [-0.3, -0.25) is 0 Å². The van der Waals surface area contributed by atoms with Gasteiger partial charge in [0.05, 0.1) is 0 Å². The maximum absolute atomic E-state index is 3.80. The first kappa shape index (κ1) is 7.48. The lowest BCUT2D eigenvalue weighted by Gasteiger charge is -2.04. The van der Waals surface area contributed by atoms with E-state index in [2.05, 4.69) is 29.8 Å². The SMILES string of the molecule is [CH2]CC(CC)CBr. The molecule has 1 atom stereocenters. The van der Waals surface area contributed by atoms with Crippen molar-refractivity contribution in [2.45, 2.75) is 19.8 Å². The van der Waals surface area contributed by atoms with E-state index in [1.54, 1.807) is 0 Å². The smallest absolute Gasteiger partial charge is 0.00595 e. The molecule has 0 fully saturated rings. The summed E-state index contributed by atoms with van der Waals surface area (Å²) in [5.41, 5.74) is 0. The molecule has 1 heteroatoms. The lowest BCUT2D eigenvalue weighted by Crippen LogP contribution is -1.95. The number of halogens is 1. The number of rotatable bonds is 3. The Morgan fingerprint density at radius 2 is 2.29 bits per heavy atom. The number of alkyl halides is 1. The summed E-state index contributed by atoms with van der Waals surface area (Å²) in [7, 11) is 0. The van der Waals surface area contributed by atoms with Crippen LogP contribution in [0.25, 0.3) is 0 Å². The molecular formula is C6H12Br. The zero-order valence-corrected chi connectivity index (χ0v) is 6.37. The zero-order chi connectivity index (χ0) is 5.70. The van der Waals surface area contributed by atoms with Crippen LogP contribution in [0.1, 0.15) is 19.8 Å². The number of hydrogen-bond donors (Lipinski definition) is 0. The van der Waals surface area contributed by atoms with Gasteiger partial charge in [-0.25, -0.2) is 0 Å². The fourth-order valence-corrected chi connectivity index (χ4v) is 1.17. The second-order valence-electron chi connectivity index (χ2n) is 1.72. The van der Waals surface area contributed by atoms with E-state index in [0.29, 0.717) is 0 Å². The summed E-state index contributed by atoms with van der Waals surface area (Å²) in [5, 5.41) is 1.10. The fourth-order valence-electron chi connectivity index (χ4n) is 0.390. The van der Waals surface area contributed by atoms with E-state index in [1.165, 1.54) is 6.42 Å². The number of hydrogen-bond acceptors (Lipinski definition) is 0. The molecule has 0 nitrogen and oxygen atoms in total. The highest BCUT2D eigenvalue weighted by atomic mass is 79.9. The predicted molar refractivity (Wildman–Crippen MR) is 37.5 cm³/mol. The normalized spacial score (nSPS) is 10.3. The van der Waals surface area contributed by atoms with Crippen LogP contribution in [-0.2, 0) is 0 Å². The summed E-state index contributed by atoms with van der Waals surface area (Å²) in [6.07, 6.45) is 2.30. The Hall–Kier alpha value is 0.480. The van der Waals surface area contributed by atoms with Crippen LogP contribution < -0.4 is 0 Å². The van der Waals surface area contributed by atoms with Gasteiger partial charge >= 0.3 is 0 Å². The summed E-state index contributed by atoms with van der Waals surface area (Å²) in [6.45, 7) is 5.99. The third kappa shape index (κ3) is 3.10. The van der Waals surface area contributed by atoms with E-state index < -0.39 is 0 Å². The second-order valence-corrected chi connectivity index (χ2v) is 2.36. The fraction of sp³-hybridized carbons (Fsp3) is 0.833. The molecule has 1 unspecified atom stereocenters. The first-order chi connectivity index (χ1) is 3.35. The van der Waals surface area contributed by atoms with Crippen LogP contribution in [0.2, 0.25) is 0 Å². The van der Waals surface area contributed by atoms with Crippen molar-refractivity contribution in [2.24, 2.45) is 5.92 Å². The molecule has 0 aromatic carbocycles. The Balaban J connectivity index is 2.99.